The zero-order valence-corrected chi connectivity index (χ0v) is 11.5. The first-order valence-corrected chi connectivity index (χ1v) is 6.39. The first kappa shape index (κ1) is 16.5. The molecule has 0 bridgehead atoms. The Labute approximate surface area is 115 Å². The van der Waals surface area contributed by atoms with Crippen molar-refractivity contribution in [1.29, 1.82) is 0 Å². The van der Waals surface area contributed by atoms with Gasteiger partial charge in [-0.1, -0.05) is 26.0 Å². The van der Waals surface area contributed by atoms with Crippen molar-refractivity contribution in [3.8, 4) is 5.75 Å². The Bertz CT molecular complexity index is 459. The van der Waals surface area contributed by atoms with Crippen LogP contribution in [0.15, 0.2) is 24.3 Å². The molecule has 0 amide bonds. The maximum atomic E-state index is 12.5. The number of hydrogen-bond donors (Lipinski definition) is 1. The van der Waals surface area contributed by atoms with E-state index >= 15 is 0 Å². The molecule has 0 saturated heterocycles. The summed E-state index contributed by atoms with van der Waals surface area (Å²) in [4.78, 5) is 12.5. The molecule has 20 heavy (non-hydrogen) atoms. The third-order valence-electron chi connectivity index (χ3n) is 3.58. The molecule has 1 rings (SSSR count). The number of carbonyl (C=O) groups excluding carboxylic acids is 1. The highest BCUT2D eigenvalue weighted by Gasteiger charge is 2.38. The van der Waals surface area contributed by atoms with Crippen LogP contribution in [0, 0.1) is 5.41 Å². The monoisotopic (exact) mass is 289 g/mol. The Morgan fingerprint density at radius 3 is 2.20 bits per heavy atom. The maximum absolute atomic E-state index is 12.5. The molecular formula is C14H18F3NO2. The second-order valence-corrected chi connectivity index (χ2v) is 4.56. The highest BCUT2D eigenvalue weighted by molar-refractivity contribution is 6.02. The van der Waals surface area contributed by atoms with Gasteiger partial charge in [0.05, 0.1) is 5.56 Å². The Morgan fingerprint density at radius 1 is 1.20 bits per heavy atom. The van der Waals surface area contributed by atoms with Crippen molar-refractivity contribution in [3.63, 3.8) is 0 Å². The first-order chi connectivity index (χ1) is 9.29. The number of nitrogens with two attached hydrogens (primary N) is 1. The van der Waals surface area contributed by atoms with Gasteiger partial charge in [-0.2, -0.15) is 0 Å². The van der Waals surface area contributed by atoms with Gasteiger partial charge in [0.1, 0.15) is 5.75 Å². The number of hydrogen-bond acceptors (Lipinski definition) is 3. The van der Waals surface area contributed by atoms with Crippen LogP contribution >= 0.6 is 0 Å². The SMILES string of the molecule is CCC(CC)(CN)C(=O)c1ccccc1OC(F)(F)F. The normalized spacial score (nSPS) is 12.3. The van der Waals surface area contributed by atoms with Crippen LogP contribution in [0.5, 0.6) is 5.75 Å². The second-order valence-electron chi connectivity index (χ2n) is 4.56. The topological polar surface area (TPSA) is 52.3 Å². The largest absolute Gasteiger partial charge is 0.573 e. The number of ketones is 1. The fourth-order valence-corrected chi connectivity index (χ4v) is 2.11. The van der Waals surface area contributed by atoms with Gasteiger partial charge in [-0.3, -0.25) is 4.79 Å². The van der Waals surface area contributed by atoms with Crippen LogP contribution in [-0.4, -0.2) is 18.7 Å². The van der Waals surface area contributed by atoms with Crippen LogP contribution in [0.1, 0.15) is 37.0 Å². The third-order valence-corrected chi connectivity index (χ3v) is 3.58. The Balaban J connectivity index is 3.22. The van der Waals surface area contributed by atoms with Crippen molar-refractivity contribution in [2.24, 2.45) is 11.1 Å². The molecule has 0 unspecified atom stereocenters. The summed E-state index contributed by atoms with van der Waals surface area (Å²) in [5.74, 6) is -0.894. The van der Waals surface area contributed by atoms with Gasteiger partial charge in [0, 0.05) is 12.0 Å². The minimum absolute atomic E-state index is 0.0825. The minimum atomic E-state index is -4.83. The van der Waals surface area contributed by atoms with Crippen molar-refractivity contribution in [3.05, 3.63) is 29.8 Å². The number of rotatable bonds is 6. The molecule has 0 saturated carbocycles. The summed E-state index contributed by atoms with van der Waals surface area (Å²) < 4.78 is 41.0. The summed E-state index contributed by atoms with van der Waals surface area (Å²) in [5.41, 5.74) is 4.72. The van der Waals surface area contributed by atoms with Gasteiger partial charge < -0.3 is 10.5 Å². The standard InChI is InChI=1S/C14H18F3NO2/c1-3-13(4-2,9-18)12(19)10-7-5-6-8-11(10)20-14(15,16)17/h5-8H,3-4,9,18H2,1-2H3. The van der Waals surface area contributed by atoms with Gasteiger partial charge in [-0.25, -0.2) is 0 Å². The van der Waals surface area contributed by atoms with Crippen LogP contribution in [-0.2, 0) is 0 Å². The van der Waals surface area contributed by atoms with E-state index in [0.29, 0.717) is 12.8 Å². The Morgan fingerprint density at radius 2 is 1.75 bits per heavy atom. The molecule has 0 aliphatic carbocycles. The Kier molecular flexibility index (Phi) is 5.16. The summed E-state index contributed by atoms with van der Waals surface area (Å²) in [7, 11) is 0. The van der Waals surface area contributed by atoms with E-state index in [4.69, 9.17) is 5.73 Å². The second kappa shape index (κ2) is 6.26. The summed E-state index contributed by atoms with van der Waals surface area (Å²) in [5, 5.41) is 0. The molecule has 6 heteroatoms. The lowest BCUT2D eigenvalue weighted by Gasteiger charge is -2.29. The van der Waals surface area contributed by atoms with Crippen LogP contribution in [0.3, 0.4) is 0 Å². The van der Waals surface area contributed by atoms with Crippen molar-refractivity contribution in [2.45, 2.75) is 33.1 Å². The number of benzene rings is 1. The number of halogens is 3. The van der Waals surface area contributed by atoms with Crippen molar-refractivity contribution in [1.82, 2.24) is 0 Å². The van der Waals surface area contributed by atoms with Crippen LogP contribution in [0.2, 0.25) is 0 Å². The van der Waals surface area contributed by atoms with Crippen molar-refractivity contribution in [2.75, 3.05) is 6.54 Å². The highest BCUT2D eigenvalue weighted by Crippen LogP contribution is 2.35. The van der Waals surface area contributed by atoms with Crippen LogP contribution in [0.25, 0.3) is 0 Å². The maximum Gasteiger partial charge on any atom is 0.573 e. The fourth-order valence-electron chi connectivity index (χ4n) is 2.11. The average molecular weight is 289 g/mol. The van der Waals surface area contributed by atoms with Gasteiger partial charge >= 0.3 is 6.36 Å². The van der Waals surface area contributed by atoms with Gasteiger partial charge in [-0.05, 0) is 25.0 Å². The molecule has 1 aromatic rings. The lowest BCUT2D eigenvalue weighted by Crippen LogP contribution is -2.38. The molecule has 0 fully saturated rings. The first-order valence-electron chi connectivity index (χ1n) is 6.39. The van der Waals surface area contributed by atoms with Crippen LogP contribution in [0.4, 0.5) is 13.2 Å². The predicted molar refractivity (Wildman–Crippen MR) is 69.5 cm³/mol. The minimum Gasteiger partial charge on any atom is -0.405 e. The van der Waals surface area contributed by atoms with Gasteiger partial charge in [0.2, 0.25) is 0 Å². The summed E-state index contributed by atoms with van der Waals surface area (Å²) in [6.07, 6.45) is -3.92. The summed E-state index contributed by atoms with van der Waals surface area (Å²) in [6.45, 7) is 3.67. The van der Waals surface area contributed by atoms with E-state index in [1.165, 1.54) is 18.2 Å². The molecule has 2 N–H and O–H groups in total. The third kappa shape index (κ3) is 3.50. The molecular weight excluding hydrogens is 271 g/mol. The zero-order chi connectivity index (χ0) is 15.4. The fraction of sp³-hybridized carbons (Fsp3) is 0.500. The number of carbonyl (C=O) groups is 1. The van der Waals surface area contributed by atoms with E-state index in [9.17, 15) is 18.0 Å². The lowest BCUT2D eigenvalue weighted by atomic mass is 9.75. The molecule has 0 aliphatic heterocycles. The van der Waals surface area contributed by atoms with Crippen molar-refractivity contribution < 1.29 is 22.7 Å². The van der Waals surface area contributed by atoms with E-state index in [-0.39, 0.29) is 12.1 Å². The quantitative estimate of drug-likeness (QED) is 0.815. The number of para-hydroxylation sites is 1. The molecule has 1 aromatic carbocycles. The van der Waals surface area contributed by atoms with Crippen molar-refractivity contribution >= 4 is 5.78 Å². The molecule has 0 heterocycles. The van der Waals surface area contributed by atoms with Gasteiger partial charge in [0.25, 0.3) is 0 Å². The van der Waals surface area contributed by atoms with Gasteiger partial charge in [0.15, 0.2) is 5.78 Å². The molecule has 112 valence electrons. The van der Waals surface area contributed by atoms with Gasteiger partial charge in [-0.15, -0.1) is 13.2 Å². The Hall–Kier alpha value is -1.56. The number of Topliss-reactive ketones (excluding diaryl/α,β-unsaturated/α-hetero) is 1. The number of alkyl halides is 3. The van der Waals surface area contributed by atoms with E-state index in [0.717, 1.165) is 6.07 Å². The molecule has 0 aromatic heterocycles. The summed E-state index contributed by atoms with van der Waals surface area (Å²) in [6, 6.07) is 5.36. The molecule has 0 aliphatic rings. The number of ether oxygens (including phenoxy) is 1. The molecule has 0 spiro atoms. The molecule has 3 nitrogen and oxygen atoms in total. The highest BCUT2D eigenvalue weighted by atomic mass is 19.4. The van der Waals surface area contributed by atoms with E-state index in [2.05, 4.69) is 4.74 Å². The van der Waals surface area contributed by atoms with E-state index in [1.54, 1.807) is 13.8 Å². The average Bonchev–Trinajstić information content (AvgIpc) is 2.40. The molecule has 0 atom stereocenters. The zero-order valence-electron chi connectivity index (χ0n) is 11.5. The summed E-state index contributed by atoms with van der Waals surface area (Å²) >= 11 is 0. The molecule has 0 radical (unpaired) electrons. The van der Waals surface area contributed by atoms with E-state index in [1.807, 2.05) is 0 Å². The van der Waals surface area contributed by atoms with E-state index < -0.39 is 23.3 Å². The lowest BCUT2D eigenvalue weighted by molar-refractivity contribution is -0.274. The van der Waals surface area contributed by atoms with Crippen LogP contribution < -0.4 is 10.5 Å². The smallest absolute Gasteiger partial charge is 0.405 e. The predicted octanol–water partition coefficient (Wildman–Crippen LogP) is 3.53.